The van der Waals surface area contributed by atoms with Gasteiger partial charge >= 0.3 is 0 Å². The minimum atomic E-state index is 0.927. The molecule has 0 unspecified atom stereocenters. The minimum absolute atomic E-state index is 0.927. The zero-order valence-electron chi connectivity index (χ0n) is 27.9. The van der Waals surface area contributed by atoms with Crippen molar-refractivity contribution in [1.29, 1.82) is 0 Å². The lowest BCUT2D eigenvalue weighted by Gasteiger charge is -2.31. The van der Waals surface area contributed by atoms with Gasteiger partial charge in [0.2, 0.25) is 0 Å². The van der Waals surface area contributed by atoms with Gasteiger partial charge in [-0.3, -0.25) is 0 Å². The summed E-state index contributed by atoms with van der Waals surface area (Å²) in [7, 11) is 4.34. The molecule has 5 rings (SSSR count). The second kappa shape index (κ2) is 14.8. The summed E-state index contributed by atoms with van der Waals surface area (Å²) < 4.78 is 0. The Labute approximate surface area is 267 Å². The van der Waals surface area contributed by atoms with Gasteiger partial charge in [-0.1, -0.05) is 54.6 Å². The largest absolute Gasteiger partial charge is 0.372 e. The highest BCUT2D eigenvalue weighted by atomic mass is 15.2. The van der Waals surface area contributed by atoms with E-state index in [0.29, 0.717) is 0 Å². The summed E-state index contributed by atoms with van der Waals surface area (Å²) in [6.07, 6.45) is 9.24. The fourth-order valence-electron chi connectivity index (χ4n) is 6.90. The van der Waals surface area contributed by atoms with Crippen molar-refractivity contribution in [3.63, 3.8) is 0 Å². The Hall–Kier alpha value is -3.76. The van der Waals surface area contributed by atoms with E-state index < -0.39 is 0 Å². The van der Waals surface area contributed by atoms with Crippen LogP contribution >= 0.6 is 0 Å². The Morgan fingerprint density at radius 2 is 1.27 bits per heavy atom. The number of hydrogen-bond donors (Lipinski definition) is 0. The van der Waals surface area contributed by atoms with Crippen molar-refractivity contribution in [2.45, 2.75) is 53.4 Å². The lowest BCUT2D eigenvalue weighted by molar-refractivity contribution is 0.402. The van der Waals surface area contributed by atoms with Crippen LogP contribution < -0.4 is 14.7 Å². The molecule has 0 aromatic heterocycles. The summed E-state index contributed by atoms with van der Waals surface area (Å²) in [5.74, 6) is 0. The zero-order chi connectivity index (χ0) is 31.1. The van der Waals surface area contributed by atoms with Gasteiger partial charge in [-0.15, -0.1) is 0 Å². The molecule has 0 saturated heterocycles. The van der Waals surface area contributed by atoms with E-state index in [1.165, 1.54) is 56.2 Å². The average molecular weight is 589 g/mol. The molecule has 1 aliphatic heterocycles. The predicted molar refractivity (Wildman–Crippen MR) is 192 cm³/mol. The van der Waals surface area contributed by atoms with Crippen molar-refractivity contribution in [3.05, 3.63) is 118 Å². The van der Waals surface area contributed by atoms with Gasteiger partial charge in [0, 0.05) is 55.5 Å². The van der Waals surface area contributed by atoms with E-state index in [-0.39, 0.29) is 0 Å². The number of allylic oxidation sites excluding steroid dienone is 4. The second-order valence-electron chi connectivity index (χ2n) is 12.2. The summed E-state index contributed by atoms with van der Waals surface area (Å²) in [6.45, 7) is 15.1. The first kappa shape index (κ1) is 31.7. The van der Waals surface area contributed by atoms with Gasteiger partial charge in [0.25, 0.3) is 0 Å². The van der Waals surface area contributed by atoms with Gasteiger partial charge in [0.1, 0.15) is 0 Å². The van der Waals surface area contributed by atoms with Crippen LogP contribution in [0.4, 0.5) is 17.1 Å². The zero-order valence-corrected chi connectivity index (χ0v) is 27.9. The topological polar surface area (TPSA) is 13.0 Å². The Morgan fingerprint density at radius 1 is 0.705 bits per heavy atom. The molecule has 0 N–H and O–H groups in total. The molecule has 44 heavy (non-hydrogen) atoms. The second-order valence-corrected chi connectivity index (χ2v) is 12.2. The van der Waals surface area contributed by atoms with Crippen molar-refractivity contribution < 1.29 is 0 Å². The van der Waals surface area contributed by atoms with Gasteiger partial charge in [-0.05, 0) is 138 Å². The van der Waals surface area contributed by atoms with Crippen LogP contribution in [0.1, 0.15) is 63.6 Å². The first-order valence-corrected chi connectivity index (χ1v) is 16.8. The lowest BCUT2D eigenvalue weighted by atomic mass is 9.86. The molecule has 3 aromatic carbocycles. The highest BCUT2D eigenvalue weighted by molar-refractivity contribution is 5.86. The highest BCUT2D eigenvalue weighted by Crippen LogP contribution is 2.41. The fourth-order valence-corrected chi connectivity index (χ4v) is 6.90. The number of hydrogen-bond acceptors (Lipinski definition) is 4. The first-order chi connectivity index (χ1) is 21.5. The third kappa shape index (κ3) is 6.97. The van der Waals surface area contributed by atoms with Crippen LogP contribution in [0.2, 0.25) is 0 Å². The van der Waals surface area contributed by atoms with Crippen LogP contribution in [0.5, 0.6) is 0 Å². The number of benzene rings is 3. The Morgan fingerprint density at radius 3 is 1.82 bits per heavy atom. The van der Waals surface area contributed by atoms with E-state index in [4.69, 9.17) is 0 Å². The maximum atomic E-state index is 2.60. The molecule has 4 heteroatoms. The van der Waals surface area contributed by atoms with Gasteiger partial charge in [-0.2, -0.15) is 0 Å². The van der Waals surface area contributed by atoms with Gasteiger partial charge in [0.15, 0.2) is 0 Å². The Balaban J connectivity index is 1.58. The SMILES string of the molecule is CCN(CC)c1ccc(C(=C2C=C3CCc4ccccc4N(CCCN(C)C)C3=CC2)c2ccc(N(CC)CC)cc2)cc1. The highest BCUT2D eigenvalue weighted by Gasteiger charge is 2.26. The van der Waals surface area contributed by atoms with Crippen LogP contribution in [-0.2, 0) is 6.42 Å². The molecular formula is C40H52N4. The molecule has 0 amide bonds. The summed E-state index contributed by atoms with van der Waals surface area (Å²) in [6, 6.07) is 27.6. The number of nitrogens with zero attached hydrogens (tertiary/aromatic N) is 4. The smallest absolute Gasteiger partial charge is 0.0443 e. The van der Waals surface area contributed by atoms with Crippen LogP contribution in [0.25, 0.3) is 5.57 Å². The van der Waals surface area contributed by atoms with Crippen LogP contribution in [0, 0.1) is 0 Å². The Kier molecular flexibility index (Phi) is 10.7. The molecular weight excluding hydrogens is 536 g/mol. The molecule has 2 aliphatic rings. The lowest BCUT2D eigenvalue weighted by Crippen LogP contribution is -2.28. The average Bonchev–Trinajstić information content (AvgIpc) is 3.20. The maximum Gasteiger partial charge on any atom is 0.0443 e. The van der Waals surface area contributed by atoms with E-state index in [2.05, 4.69) is 146 Å². The van der Waals surface area contributed by atoms with Crippen molar-refractivity contribution in [2.24, 2.45) is 0 Å². The monoisotopic (exact) mass is 588 g/mol. The van der Waals surface area contributed by atoms with E-state index in [9.17, 15) is 0 Å². The molecule has 0 atom stereocenters. The van der Waals surface area contributed by atoms with Gasteiger partial charge in [-0.25, -0.2) is 0 Å². The quantitative estimate of drug-likeness (QED) is 0.210. The number of aryl methyl sites for hydroxylation is 1. The third-order valence-corrected chi connectivity index (χ3v) is 9.31. The molecule has 0 bridgehead atoms. The standard InChI is InChI=1S/C40H52N4/c1-7-42(8-2)36-23-18-32(19-24-36)40(33-20-25-37(26-21-33)43(9-3)10-4)35-22-27-39-34(30-35)17-16-31-14-11-12-15-38(31)44(39)29-13-28-41(5)6/h11-12,14-15,18-21,23-27,30H,7-10,13,16-17,22,28-29H2,1-6H3. The van der Waals surface area contributed by atoms with Crippen LogP contribution in [-0.4, -0.2) is 58.3 Å². The molecule has 4 nitrogen and oxygen atoms in total. The molecule has 0 saturated carbocycles. The Bertz CT molecular complexity index is 1410. The normalized spacial score (nSPS) is 14.4. The molecule has 0 fully saturated rings. The van der Waals surface area contributed by atoms with Crippen molar-refractivity contribution in [3.8, 4) is 0 Å². The third-order valence-electron chi connectivity index (χ3n) is 9.31. The summed E-state index contributed by atoms with van der Waals surface area (Å²) in [5, 5.41) is 0. The fraction of sp³-hybridized carbons (Fsp3) is 0.400. The van der Waals surface area contributed by atoms with Crippen LogP contribution in [0.15, 0.2) is 102 Å². The molecule has 1 aliphatic carbocycles. The van der Waals surface area contributed by atoms with E-state index in [1.54, 1.807) is 0 Å². The van der Waals surface area contributed by atoms with Gasteiger partial charge < -0.3 is 19.6 Å². The number of para-hydroxylation sites is 1. The number of fused-ring (bicyclic) bond motifs is 2. The van der Waals surface area contributed by atoms with Crippen molar-refractivity contribution in [2.75, 3.05) is 68.1 Å². The number of rotatable bonds is 12. The van der Waals surface area contributed by atoms with E-state index in [1.807, 2.05) is 0 Å². The minimum Gasteiger partial charge on any atom is -0.372 e. The van der Waals surface area contributed by atoms with E-state index in [0.717, 1.165) is 65.0 Å². The summed E-state index contributed by atoms with van der Waals surface area (Å²) in [4.78, 5) is 9.73. The molecule has 232 valence electrons. The first-order valence-electron chi connectivity index (χ1n) is 16.8. The number of anilines is 3. The molecule has 1 heterocycles. The van der Waals surface area contributed by atoms with Gasteiger partial charge in [0.05, 0.1) is 0 Å². The van der Waals surface area contributed by atoms with Crippen LogP contribution in [0.3, 0.4) is 0 Å². The van der Waals surface area contributed by atoms with E-state index >= 15 is 0 Å². The van der Waals surface area contributed by atoms with Crippen molar-refractivity contribution >= 4 is 22.6 Å². The summed E-state index contributed by atoms with van der Waals surface area (Å²) >= 11 is 0. The van der Waals surface area contributed by atoms with Crippen molar-refractivity contribution in [1.82, 2.24) is 4.90 Å². The molecule has 0 radical (unpaired) electrons. The summed E-state index contributed by atoms with van der Waals surface area (Å²) in [5.41, 5.74) is 13.6. The molecule has 0 spiro atoms. The molecule has 3 aromatic rings. The maximum absolute atomic E-state index is 2.60. The predicted octanol–water partition coefficient (Wildman–Crippen LogP) is 8.80.